The zero-order valence-electron chi connectivity index (χ0n) is 9.06. The Morgan fingerprint density at radius 1 is 1.40 bits per heavy atom. The van der Waals surface area contributed by atoms with Crippen LogP contribution in [0.4, 0.5) is 0 Å². The third kappa shape index (κ3) is 2.04. The molecule has 3 heteroatoms. The molecule has 0 aliphatic heterocycles. The fourth-order valence-electron chi connectivity index (χ4n) is 1.75. The molecule has 0 aliphatic rings. The van der Waals surface area contributed by atoms with Crippen LogP contribution in [-0.2, 0) is 16.8 Å². The highest BCUT2D eigenvalue weighted by Gasteiger charge is 2.11. The van der Waals surface area contributed by atoms with Crippen LogP contribution in [0.5, 0.6) is 0 Å². The molecule has 1 atom stereocenters. The average molecular weight is 237 g/mol. The van der Waals surface area contributed by atoms with Gasteiger partial charge < -0.3 is 0 Å². The van der Waals surface area contributed by atoms with Crippen molar-refractivity contribution >= 4 is 33.7 Å². The van der Waals surface area contributed by atoms with Gasteiger partial charge in [-0.15, -0.1) is 0 Å². The van der Waals surface area contributed by atoms with E-state index in [0.717, 1.165) is 5.75 Å². The molecular formula is C12H15NS2. The van der Waals surface area contributed by atoms with Gasteiger partial charge in [0.2, 0.25) is 0 Å². The summed E-state index contributed by atoms with van der Waals surface area (Å²) in [5.41, 5.74) is 2.73. The molecule has 0 N–H and O–H groups in total. The molecule has 0 bridgehead atoms. The molecular weight excluding hydrogens is 222 g/mol. The van der Waals surface area contributed by atoms with Crippen LogP contribution in [0.1, 0.15) is 5.56 Å². The minimum absolute atomic E-state index is 0.0211. The highest BCUT2D eigenvalue weighted by molar-refractivity contribution is 7.97. The first kappa shape index (κ1) is 11.0. The van der Waals surface area contributed by atoms with Gasteiger partial charge in [-0.3, -0.25) is 0 Å². The van der Waals surface area contributed by atoms with Crippen molar-refractivity contribution in [2.24, 2.45) is 0 Å². The van der Waals surface area contributed by atoms with Gasteiger partial charge in [0.1, 0.15) is 0 Å². The predicted octanol–water partition coefficient (Wildman–Crippen LogP) is 3.31. The molecule has 0 saturated heterocycles. The van der Waals surface area contributed by atoms with Crippen molar-refractivity contribution in [2.75, 3.05) is 12.5 Å². The molecule has 0 aliphatic carbocycles. The number of thioether (sulfide) groups is 1. The summed E-state index contributed by atoms with van der Waals surface area (Å²) in [6.45, 7) is 0. The first-order chi connectivity index (χ1) is 7.24. The zero-order valence-corrected chi connectivity index (χ0v) is 10.7. The van der Waals surface area contributed by atoms with Crippen LogP contribution in [0, 0.1) is 6.26 Å². The predicted molar refractivity (Wildman–Crippen MR) is 73.2 cm³/mol. The van der Waals surface area contributed by atoms with Crippen LogP contribution < -0.4 is 0 Å². The molecule has 1 aromatic carbocycles. The Kier molecular flexibility index (Phi) is 3.32. The summed E-state index contributed by atoms with van der Waals surface area (Å²) in [7, 11) is 0. The number of fused-ring (bicyclic) bond motifs is 1. The highest BCUT2D eigenvalue weighted by atomic mass is 32.2. The lowest BCUT2D eigenvalue weighted by Gasteiger charge is -2.04. The van der Waals surface area contributed by atoms with E-state index < -0.39 is 0 Å². The number of hydrogen-bond acceptors (Lipinski definition) is 1. The van der Waals surface area contributed by atoms with Crippen molar-refractivity contribution in [1.29, 1.82) is 0 Å². The maximum absolute atomic E-state index is 4.12. The van der Waals surface area contributed by atoms with E-state index in [4.69, 9.17) is 0 Å². The summed E-state index contributed by atoms with van der Waals surface area (Å²) in [4.78, 5) is 0. The van der Waals surface area contributed by atoms with Gasteiger partial charge in [0.25, 0.3) is 0 Å². The highest BCUT2D eigenvalue weighted by Crippen LogP contribution is 2.25. The second-order valence-electron chi connectivity index (χ2n) is 3.53. The van der Waals surface area contributed by atoms with E-state index in [1.54, 1.807) is 0 Å². The van der Waals surface area contributed by atoms with E-state index in [1.165, 1.54) is 16.5 Å². The molecule has 0 amide bonds. The summed E-state index contributed by atoms with van der Waals surface area (Å²) in [5.74, 6) is 1.07. The van der Waals surface area contributed by atoms with Gasteiger partial charge in [-0.05, 0) is 17.9 Å². The molecule has 1 aromatic heterocycles. The van der Waals surface area contributed by atoms with Crippen molar-refractivity contribution in [3.05, 3.63) is 42.3 Å². The second kappa shape index (κ2) is 4.54. The Bertz CT molecular complexity index is 460. The number of rotatable bonds is 3. The Hall–Kier alpha value is -0.540. The van der Waals surface area contributed by atoms with E-state index in [9.17, 15) is 0 Å². The van der Waals surface area contributed by atoms with Gasteiger partial charge in [0.15, 0.2) is 0 Å². The molecule has 0 spiro atoms. The van der Waals surface area contributed by atoms with E-state index >= 15 is 0 Å². The molecule has 2 aromatic rings. The molecule has 2 rings (SSSR count). The fourth-order valence-corrected chi connectivity index (χ4v) is 3.09. The number of para-hydroxylation sites is 1. The molecule has 1 heterocycles. The molecule has 1 nitrogen and oxygen atoms in total. The van der Waals surface area contributed by atoms with Gasteiger partial charge in [0.05, 0.1) is 18.0 Å². The van der Waals surface area contributed by atoms with Crippen molar-refractivity contribution in [1.82, 2.24) is 3.97 Å². The lowest BCUT2D eigenvalue weighted by Crippen LogP contribution is -2.04. The molecule has 0 fully saturated rings. The molecule has 1 unspecified atom stereocenters. The summed E-state index contributed by atoms with van der Waals surface area (Å²) in [6, 6.07) is 8.57. The first-order valence-corrected chi connectivity index (χ1v) is 7.93. The summed E-state index contributed by atoms with van der Waals surface area (Å²) >= 11 is 1.89. The monoisotopic (exact) mass is 237 g/mol. The Morgan fingerprint density at radius 2 is 2.13 bits per heavy atom. The minimum Gasteiger partial charge on any atom is -0.200 e. The minimum atomic E-state index is 0.0211. The second-order valence-corrected chi connectivity index (χ2v) is 5.99. The molecule has 80 valence electrons. The van der Waals surface area contributed by atoms with Crippen LogP contribution in [-0.4, -0.2) is 16.5 Å². The van der Waals surface area contributed by atoms with Crippen molar-refractivity contribution < 1.29 is 0 Å². The van der Waals surface area contributed by atoms with E-state index in [-0.39, 0.29) is 11.1 Å². The van der Waals surface area contributed by atoms with Crippen LogP contribution in [0.25, 0.3) is 10.9 Å². The maximum Gasteiger partial charge on any atom is 0.0944 e. The van der Waals surface area contributed by atoms with Crippen LogP contribution in [0.2, 0.25) is 0 Å². The van der Waals surface area contributed by atoms with Gasteiger partial charge in [-0.2, -0.15) is 11.8 Å². The zero-order chi connectivity index (χ0) is 10.8. The van der Waals surface area contributed by atoms with E-state index in [2.05, 4.69) is 53.2 Å². The quantitative estimate of drug-likeness (QED) is 0.586. The molecule has 0 radical (unpaired) electrons. The van der Waals surface area contributed by atoms with E-state index in [1.807, 2.05) is 11.8 Å². The smallest absolute Gasteiger partial charge is 0.0944 e. The maximum atomic E-state index is 4.12. The average Bonchev–Trinajstić information content (AvgIpc) is 2.59. The van der Waals surface area contributed by atoms with Crippen molar-refractivity contribution in [2.45, 2.75) is 5.75 Å². The number of benzene rings is 1. The van der Waals surface area contributed by atoms with Gasteiger partial charge in [-0.1, -0.05) is 35.5 Å². The summed E-state index contributed by atoms with van der Waals surface area (Å²) < 4.78 is 2.28. The Morgan fingerprint density at radius 3 is 2.80 bits per heavy atom. The topological polar surface area (TPSA) is 4.93 Å². The van der Waals surface area contributed by atoms with Gasteiger partial charge in [-0.25, -0.2) is 3.97 Å². The lowest BCUT2D eigenvalue weighted by molar-refractivity contribution is 1.30. The third-order valence-electron chi connectivity index (χ3n) is 2.40. The molecule has 0 saturated carbocycles. The van der Waals surface area contributed by atoms with Gasteiger partial charge in [0, 0.05) is 11.1 Å². The first-order valence-electron chi connectivity index (χ1n) is 4.78. The van der Waals surface area contributed by atoms with Crippen molar-refractivity contribution in [3.8, 4) is 0 Å². The Balaban J connectivity index is 2.62. The van der Waals surface area contributed by atoms with Crippen molar-refractivity contribution in [3.63, 3.8) is 0 Å². The molecule has 15 heavy (non-hydrogen) atoms. The third-order valence-corrected chi connectivity index (χ3v) is 3.97. The largest absolute Gasteiger partial charge is 0.200 e. The Labute approximate surface area is 98.3 Å². The lowest BCUT2D eigenvalue weighted by atomic mass is 10.2. The standard InChI is InChI=1S/C12H15NS2/c1-14-9-10-8-13(15(2)3)12-7-5-4-6-11(10)12/h4-8H,2,9H2,1,3H3. The summed E-state index contributed by atoms with van der Waals surface area (Å²) in [5, 5.41) is 1.37. The number of nitrogens with zero attached hydrogens (tertiary/aromatic N) is 1. The normalized spacial score (nSPS) is 13.3. The van der Waals surface area contributed by atoms with Crippen LogP contribution in [0.15, 0.2) is 30.5 Å². The van der Waals surface area contributed by atoms with Gasteiger partial charge >= 0.3 is 0 Å². The fraction of sp³-hybridized carbons (Fsp3) is 0.250. The SMILES string of the molecule is [CH2-][S+](C)n1cc(CSC)c2ccccc21. The summed E-state index contributed by atoms with van der Waals surface area (Å²) in [6.07, 6.45) is 10.7. The number of hydrogen-bond donors (Lipinski definition) is 0. The van der Waals surface area contributed by atoms with Crippen LogP contribution in [0.3, 0.4) is 0 Å². The van der Waals surface area contributed by atoms with Crippen LogP contribution >= 0.6 is 11.8 Å². The number of aromatic nitrogens is 1. The van der Waals surface area contributed by atoms with E-state index in [0.29, 0.717) is 0 Å².